The van der Waals surface area contributed by atoms with Gasteiger partial charge in [-0.1, -0.05) is 0 Å². The monoisotopic (exact) mass is 202 g/mol. The number of aliphatic hydroxyl groups excluding tert-OH is 1. The van der Waals surface area contributed by atoms with Crippen molar-refractivity contribution in [3.63, 3.8) is 0 Å². The molecule has 14 heavy (non-hydrogen) atoms. The molecule has 0 aromatic carbocycles. The number of hydrogen-bond donors (Lipinski definition) is 3. The van der Waals surface area contributed by atoms with Crippen LogP contribution in [-0.2, 0) is 4.74 Å². The zero-order valence-electron chi connectivity index (χ0n) is 8.96. The van der Waals surface area contributed by atoms with Gasteiger partial charge in [0.1, 0.15) is 0 Å². The Hall–Kier alpha value is -0.160. The number of ether oxygens (including phenoxy) is 1. The molecule has 1 aliphatic heterocycles. The van der Waals surface area contributed by atoms with Gasteiger partial charge < -0.3 is 20.9 Å². The smallest absolute Gasteiger partial charge is 0.0565 e. The van der Waals surface area contributed by atoms with E-state index in [0.29, 0.717) is 6.54 Å². The number of nitrogens with two attached hydrogens (primary N) is 1. The van der Waals surface area contributed by atoms with Gasteiger partial charge in [0, 0.05) is 25.3 Å². The van der Waals surface area contributed by atoms with Gasteiger partial charge in [0.2, 0.25) is 0 Å². The van der Waals surface area contributed by atoms with Gasteiger partial charge in [0.25, 0.3) is 0 Å². The van der Waals surface area contributed by atoms with E-state index in [2.05, 4.69) is 12.2 Å². The lowest BCUT2D eigenvalue weighted by molar-refractivity contribution is -0.0163. The maximum absolute atomic E-state index is 8.71. The second-order valence-corrected chi connectivity index (χ2v) is 4.12. The maximum Gasteiger partial charge on any atom is 0.0565 e. The molecule has 0 aliphatic carbocycles. The molecule has 4 N–H and O–H groups in total. The van der Waals surface area contributed by atoms with Crippen molar-refractivity contribution in [2.24, 2.45) is 5.73 Å². The van der Waals surface area contributed by atoms with Crippen molar-refractivity contribution in [2.45, 2.75) is 37.8 Å². The Labute approximate surface area is 85.8 Å². The summed E-state index contributed by atoms with van der Waals surface area (Å²) < 4.78 is 5.50. The first kappa shape index (κ1) is 11.9. The van der Waals surface area contributed by atoms with Gasteiger partial charge in [-0.15, -0.1) is 0 Å². The lowest BCUT2D eigenvalue weighted by Crippen LogP contribution is -2.56. The number of hydrogen-bond acceptors (Lipinski definition) is 4. The van der Waals surface area contributed by atoms with E-state index in [-0.39, 0.29) is 18.2 Å². The van der Waals surface area contributed by atoms with E-state index in [0.717, 1.165) is 32.4 Å². The molecule has 0 spiro atoms. The van der Waals surface area contributed by atoms with Crippen molar-refractivity contribution in [3.05, 3.63) is 0 Å². The minimum Gasteiger partial charge on any atom is -0.396 e. The molecule has 0 bridgehead atoms. The highest BCUT2D eigenvalue weighted by molar-refractivity contribution is 4.93. The van der Waals surface area contributed by atoms with E-state index in [1.54, 1.807) is 0 Å². The molecule has 1 rings (SSSR count). The molecule has 1 aliphatic rings. The highest BCUT2D eigenvalue weighted by atomic mass is 16.5. The van der Waals surface area contributed by atoms with Gasteiger partial charge in [0.15, 0.2) is 0 Å². The van der Waals surface area contributed by atoms with Crippen LogP contribution < -0.4 is 11.1 Å². The van der Waals surface area contributed by atoms with Crippen LogP contribution in [0.2, 0.25) is 0 Å². The first-order valence-electron chi connectivity index (χ1n) is 5.40. The van der Waals surface area contributed by atoms with Crippen LogP contribution in [0.5, 0.6) is 0 Å². The molecule has 2 atom stereocenters. The molecule has 4 nitrogen and oxygen atoms in total. The first-order chi connectivity index (χ1) is 6.72. The zero-order chi connectivity index (χ0) is 10.4. The number of aliphatic hydroxyl groups is 1. The molecule has 1 saturated heterocycles. The average molecular weight is 202 g/mol. The molecule has 84 valence electrons. The zero-order valence-corrected chi connectivity index (χ0v) is 8.96. The largest absolute Gasteiger partial charge is 0.396 e. The predicted molar refractivity (Wildman–Crippen MR) is 56.1 cm³/mol. The van der Waals surface area contributed by atoms with Crippen LogP contribution in [-0.4, -0.2) is 43.1 Å². The highest BCUT2D eigenvalue weighted by Crippen LogP contribution is 2.23. The van der Waals surface area contributed by atoms with E-state index in [9.17, 15) is 0 Å². The van der Waals surface area contributed by atoms with E-state index >= 15 is 0 Å². The fraction of sp³-hybridized carbons (Fsp3) is 1.00. The fourth-order valence-electron chi connectivity index (χ4n) is 2.02. The van der Waals surface area contributed by atoms with Crippen molar-refractivity contribution in [1.82, 2.24) is 5.32 Å². The Bertz CT molecular complexity index is 166. The van der Waals surface area contributed by atoms with E-state index in [1.165, 1.54) is 0 Å². The highest BCUT2D eigenvalue weighted by Gasteiger charge is 2.33. The predicted octanol–water partition coefficient (Wildman–Crippen LogP) is -0.145. The first-order valence-corrected chi connectivity index (χ1v) is 5.40. The van der Waals surface area contributed by atoms with Crippen molar-refractivity contribution in [3.8, 4) is 0 Å². The summed E-state index contributed by atoms with van der Waals surface area (Å²) >= 11 is 0. The van der Waals surface area contributed by atoms with Gasteiger partial charge in [-0.2, -0.15) is 0 Å². The van der Waals surface area contributed by atoms with Gasteiger partial charge in [0.05, 0.1) is 6.10 Å². The maximum atomic E-state index is 8.71. The molecule has 1 fully saturated rings. The van der Waals surface area contributed by atoms with Gasteiger partial charge >= 0.3 is 0 Å². The van der Waals surface area contributed by atoms with Crippen LogP contribution in [0.15, 0.2) is 0 Å². The van der Waals surface area contributed by atoms with E-state index in [1.807, 2.05) is 0 Å². The Kier molecular flexibility index (Phi) is 4.81. The summed E-state index contributed by atoms with van der Waals surface area (Å²) in [6.07, 6.45) is 3.01. The lowest BCUT2D eigenvalue weighted by atomic mass is 9.87. The second kappa shape index (κ2) is 5.66. The third kappa shape index (κ3) is 3.20. The molecule has 0 amide bonds. The lowest BCUT2D eigenvalue weighted by Gasteiger charge is -2.40. The molecule has 1 heterocycles. The minimum atomic E-state index is 0.0346. The Morgan fingerprint density at radius 2 is 2.43 bits per heavy atom. The third-order valence-electron chi connectivity index (χ3n) is 2.89. The molecular weight excluding hydrogens is 180 g/mol. The fourth-order valence-corrected chi connectivity index (χ4v) is 2.02. The quantitative estimate of drug-likeness (QED) is 0.543. The van der Waals surface area contributed by atoms with Crippen LogP contribution in [0.3, 0.4) is 0 Å². The van der Waals surface area contributed by atoms with Crippen molar-refractivity contribution in [2.75, 3.05) is 26.3 Å². The van der Waals surface area contributed by atoms with Crippen LogP contribution in [0.4, 0.5) is 0 Å². The molecule has 0 radical (unpaired) electrons. The van der Waals surface area contributed by atoms with Crippen molar-refractivity contribution >= 4 is 0 Å². The molecule has 0 aromatic rings. The van der Waals surface area contributed by atoms with Crippen molar-refractivity contribution in [1.29, 1.82) is 0 Å². The summed E-state index contributed by atoms with van der Waals surface area (Å²) in [6.45, 7) is 4.58. The standard InChI is InChI=1S/C10H22N2O2/c1-9-7-10(8-11,3-6-14-9)12-4-2-5-13/h9,12-13H,2-8,11H2,1H3. The summed E-state index contributed by atoms with van der Waals surface area (Å²) in [4.78, 5) is 0. The van der Waals surface area contributed by atoms with Crippen LogP contribution >= 0.6 is 0 Å². The molecule has 2 unspecified atom stereocenters. The average Bonchev–Trinajstić information content (AvgIpc) is 2.18. The third-order valence-corrected chi connectivity index (χ3v) is 2.89. The van der Waals surface area contributed by atoms with Gasteiger partial charge in [-0.25, -0.2) is 0 Å². The Morgan fingerprint density at radius 1 is 1.64 bits per heavy atom. The normalized spacial score (nSPS) is 33.2. The van der Waals surface area contributed by atoms with E-state index in [4.69, 9.17) is 15.6 Å². The second-order valence-electron chi connectivity index (χ2n) is 4.12. The Morgan fingerprint density at radius 3 is 3.00 bits per heavy atom. The molecule has 0 aromatic heterocycles. The summed E-state index contributed by atoms with van der Waals surface area (Å²) in [6, 6.07) is 0. The summed E-state index contributed by atoms with van der Waals surface area (Å²) in [5, 5.41) is 12.2. The minimum absolute atomic E-state index is 0.0346. The summed E-state index contributed by atoms with van der Waals surface area (Å²) in [5.74, 6) is 0. The van der Waals surface area contributed by atoms with Crippen LogP contribution in [0.25, 0.3) is 0 Å². The topological polar surface area (TPSA) is 67.5 Å². The van der Waals surface area contributed by atoms with Crippen molar-refractivity contribution < 1.29 is 9.84 Å². The van der Waals surface area contributed by atoms with Gasteiger partial charge in [-0.3, -0.25) is 0 Å². The Balaban J connectivity index is 2.39. The molecule has 4 heteroatoms. The van der Waals surface area contributed by atoms with Crippen LogP contribution in [0.1, 0.15) is 26.2 Å². The number of nitrogens with one attached hydrogen (secondary N) is 1. The van der Waals surface area contributed by atoms with E-state index < -0.39 is 0 Å². The summed E-state index contributed by atoms with van der Waals surface area (Å²) in [5.41, 5.74) is 5.84. The summed E-state index contributed by atoms with van der Waals surface area (Å²) in [7, 11) is 0. The number of rotatable bonds is 5. The van der Waals surface area contributed by atoms with Crippen LogP contribution in [0, 0.1) is 0 Å². The SMILES string of the molecule is CC1CC(CN)(NCCCO)CCO1. The molecule has 0 saturated carbocycles. The van der Waals surface area contributed by atoms with Gasteiger partial charge in [-0.05, 0) is 32.7 Å². The molecular formula is C10H22N2O2.